The van der Waals surface area contributed by atoms with Gasteiger partial charge in [-0.2, -0.15) is 4.98 Å². The van der Waals surface area contributed by atoms with Crippen molar-refractivity contribution in [3.63, 3.8) is 0 Å². The van der Waals surface area contributed by atoms with Crippen LogP contribution in [0, 0.1) is 6.92 Å². The first-order chi connectivity index (χ1) is 8.56. The molecular weight excluding hydrogens is 272 g/mol. The summed E-state index contributed by atoms with van der Waals surface area (Å²) in [7, 11) is 0. The van der Waals surface area contributed by atoms with Crippen LogP contribution >= 0.6 is 23.8 Å². The zero-order valence-electron chi connectivity index (χ0n) is 9.61. The molecule has 0 aliphatic heterocycles. The second kappa shape index (κ2) is 5.32. The molecule has 3 N–H and O–H groups in total. The molecule has 1 heterocycles. The van der Waals surface area contributed by atoms with Crippen molar-refractivity contribution in [3.05, 3.63) is 40.5 Å². The standard InChI is InChI=1S/C11H11ClN4OS/c1-6-15-10(16-17-6)5-14-9-3-2-7(12)4-8(9)11(13)18/h2-4,14H,5H2,1H3,(H2,13,18). The highest BCUT2D eigenvalue weighted by Crippen LogP contribution is 2.21. The van der Waals surface area contributed by atoms with E-state index in [0.29, 0.717) is 28.8 Å². The SMILES string of the molecule is Cc1nc(CNc2ccc(Cl)cc2C(N)=S)no1. The molecule has 0 spiro atoms. The lowest BCUT2D eigenvalue weighted by molar-refractivity contribution is 0.388. The van der Waals surface area contributed by atoms with Crippen LogP contribution in [0.1, 0.15) is 17.3 Å². The first-order valence-electron chi connectivity index (χ1n) is 5.18. The molecule has 0 aliphatic rings. The summed E-state index contributed by atoms with van der Waals surface area (Å²) in [5.41, 5.74) is 7.12. The van der Waals surface area contributed by atoms with Crippen LogP contribution < -0.4 is 11.1 Å². The molecule has 2 rings (SSSR count). The number of aromatic nitrogens is 2. The summed E-state index contributed by atoms with van der Waals surface area (Å²) < 4.78 is 4.88. The highest BCUT2D eigenvalue weighted by molar-refractivity contribution is 7.80. The molecular formula is C11H11ClN4OS. The minimum atomic E-state index is 0.282. The quantitative estimate of drug-likeness (QED) is 0.838. The van der Waals surface area contributed by atoms with E-state index in [-0.39, 0.29) is 4.99 Å². The summed E-state index contributed by atoms with van der Waals surface area (Å²) in [5.74, 6) is 1.09. The van der Waals surface area contributed by atoms with Gasteiger partial charge in [0.25, 0.3) is 0 Å². The number of nitrogens with zero attached hydrogens (tertiary/aromatic N) is 2. The summed E-state index contributed by atoms with van der Waals surface area (Å²) in [5, 5.41) is 7.51. The van der Waals surface area contributed by atoms with Gasteiger partial charge in [-0.25, -0.2) is 0 Å². The molecule has 94 valence electrons. The van der Waals surface area contributed by atoms with Crippen LogP contribution in [0.3, 0.4) is 0 Å². The van der Waals surface area contributed by atoms with E-state index in [1.165, 1.54) is 0 Å². The highest BCUT2D eigenvalue weighted by atomic mass is 35.5. The topological polar surface area (TPSA) is 77.0 Å². The molecule has 0 saturated carbocycles. The largest absolute Gasteiger partial charge is 0.389 e. The summed E-state index contributed by atoms with van der Waals surface area (Å²) >= 11 is 10.9. The van der Waals surface area contributed by atoms with E-state index in [1.807, 2.05) is 6.07 Å². The molecule has 0 bridgehead atoms. The van der Waals surface area contributed by atoms with Crippen LogP contribution in [0.5, 0.6) is 0 Å². The molecule has 0 aliphatic carbocycles. The third kappa shape index (κ3) is 2.96. The van der Waals surface area contributed by atoms with Crippen LogP contribution in [0.25, 0.3) is 0 Å². The van der Waals surface area contributed by atoms with Gasteiger partial charge < -0.3 is 15.6 Å². The molecule has 7 heteroatoms. The molecule has 0 radical (unpaired) electrons. The number of benzene rings is 1. The molecule has 0 saturated heterocycles. The van der Waals surface area contributed by atoms with Gasteiger partial charge in [0.2, 0.25) is 5.89 Å². The summed E-state index contributed by atoms with van der Waals surface area (Å²) in [6.45, 7) is 2.16. The van der Waals surface area contributed by atoms with Gasteiger partial charge in [-0.3, -0.25) is 0 Å². The number of anilines is 1. The fourth-order valence-corrected chi connectivity index (χ4v) is 1.80. The van der Waals surface area contributed by atoms with E-state index in [2.05, 4.69) is 15.5 Å². The van der Waals surface area contributed by atoms with E-state index in [0.717, 1.165) is 5.69 Å². The van der Waals surface area contributed by atoms with E-state index in [9.17, 15) is 0 Å². The zero-order valence-corrected chi connectivity index (χ0v) is 11.2. The Hall–Kier alpha value is -1.66. The molecule has 0 fully saturated rings. The summed E-state index contributed by atoms with van der Waals surface area (Å²) in [4.78, 5) is 4.37. The Kier molecular flexibility index (Phi) is 3.78. The van der Waals surface area contributed by atoms with Crippen molar-refractivity contribution >= 4 is 34.5 Å². The smallest absolute Gasteiger partial charge is 0.223 e. The van der Waals surface area contributed by atoms with Gasteiger partial charge in [0.1, 0.15) is 4.99 Å². The lowest BCUT2D eigenvalue weighted by Crippen LogP contribution is -2.13. The van der Waals surface area contributed by atoms with E-state index in [4.69, 9.17) is 34.1 Å². The first-order valence-corrected chi connectivity index (χ1v) is 5.97. The maximum Gasteiger partial charge on any atom is 0.223 e. The van der Waals surface area contributed by atoms with Gasteiger partial charge in [0.05, 0.1) is 6.54 Å². The maximum absolute atomic E-state index is 5.90. The van der Waals surface area contributed by atoms with Gasteiger partial charge in [-0.05, 0) is 18.2 Å². The molecule has 0 atom stereocenters. The number of nitrogens with one attached hydrogen (secondary N) is 1. The van der Waals surface area contributed by atoms with Crippen molar-refractivity contribution in [2.75, 3.05) is 5.32 Å². The molecule has 5 nitrogen and oxygen atoms in total. The number of rotatable bonds is 4. The number of hydrogen-bond acceptors (Lipinski definition) is 5. The van der Waals surface area contributed by atoms with Crippen molar-refractivity contribution in [3.8, 4) is 0 Å². The fourth-order valence-electron chi connectivity index (χ4n) is 1.46. The van der Waals surface area contributed by atoms with E-state index in [1.54, 1.807) is 19.1 Å². The average molecular weight is 283 g/mol. The molecule has 0 unspecified atom stereocenters. The highest BCUT2D eigenvalue weighted by Gasteiger charge is 2.07. The first kappa shape index (κ1) is 12.8. The lowest BCUT2D eigenvalue weighted by Gasteiger charge is -2.09. The molecule has 2 aromatic rings. The monoisotopic (exact) mass is 282 g/mol. The van der Waals surface area contributed by atoms with Gasteiger partial charge >= 0.3 is 0 Å². The Bertz CT molecular complexity index is 584. The number of hydrogen-bond donors (Lipinski definition) is 2. The minimum absolute atomic E-state index is 0.282. The van der Waals surface area contributed by atoms with Gasteiger partial charge in [0.15, 0.2) is 5.82 Å². The number of thiocarbonyl (C=S) groups is 1. The van der Waals surface area contributed by atoms with Crippen LogP contribution in [0.2, 0.25) is 5.02 Å². The fraction of sp³-hybridized carbons (Fsp3) is 0.182. The van der Waals surface area contributed by atoms with Gasteiger partial charge in [-0.1, -0.05) is 29.0 Å². The lowest BCUT2D eigenvalue weighted by atomic mass is 10.2. The van der Waals surface area contributed by atoms with Crippen molar-refractivity contribution in [1.29, 1.82) is 0 Å². The van der Waals surface area contributed by atoms with Crippen LogP contribution in [0.15, 0.2) is 22.7 Å². The van der Waals surface area contributed by atoms with Crippen molar-refractivity contribution in [1.82, 2.24) is 10.1 Å². The second-order valence-electron chi connectivity index (χ2n) is 3.64. The Morgan fingerprint density at radius 3 is 2.94 bits per heavy atom. The molecule has 1 aromatic heterocycles. The Morgan fingerprint density at radius 1 is 1.56 bits per heavy atom. The van der Waals surface area contributed by atoms with Crippen LogP contribution in [-0.2, 0) is 6.54 Å². The van der Waals surface area contributed by atoms with Crippen molar-refractivity contribution < 1.29 is 4.52 Å². The Balaban J connectivity index is 2.16. The molecule has 18 heavy (non-hydrogen) atoms. The normalized spacial score (nSPS) is 10.3. The predicted molar refractivity (Wildman–Crippen MR) is 73.7 cm³/mol. The Morgan fingerprint density at radius 2 is 2.33 bits per heavy atom. The number of nitrogens with two attached hydrogens (primary N) is 1. The molecule has 1 aromatic carbocycles. The van der Waals surface area contributed by atoms with Crippen LogP contribution in [-0.4, -0.2) is 15.1 Å². The third-order valence-electron chi connectivity index (χ3n) is 2.25. The van der Waals surface area contributed by atoms with Crippen LogP contribution in [0.4, 0.5) is 5.69 Å². The summed E-state index contributed by atoms with van der Waals surface area (Å²) in [6.07, 6.45) is 0. The van der Waals surface area contributed by atoms with Gasteiger partial charge in [-0.15, -0.1) is 0 Å². The maximum atomic E-state index is 5.90. The minimum Gasteiger partial charge on any atom is -0.389 e. The third-order valence-corrected chi connectivity index (χ3v) is 2.71. The number of halogens is 1. The molecule has 0 amide bonds. The van der Waals surface area contributed by atoms with Crippen molar-refractivity contribution in [2.24, 2.45) is 5.73 Å². The predicted octanol–water partition coefficient (Wildman–Crippen LogP) is 2.28. The Labute approximate surface area is 114 Å². The second-order valence-corrected chi connectivity index (χ2v) is 4.51. The average Bonchev–Trinajstić information content (AvgIpc) is 2.73. The van der Waals surface area contributed by atoms with Gasteiger partial charge in [0, 0.05) is 23.2 Å². The van der Waals surface area contributed by atoms with Crippen molar-refractivity contribution in [2.45, 2.75) is 13.5 Å². The van der Waals surface area contributed by atoms with E-state index < -0.39 is 0 Å². The number of aryl methyl sites for hydroxylation is 1. The summed E-state index contributed by atoms with van der Waals surface area (Å²) in [6, 6.07) is 5.28. The van der Waals surface area contributed by atoms with E-state index >= 15 is 0 Å². The zero-order chi connectivity index (χ0) is 13.1.